The summed E-state index contributed by atoms with van der Waals surface area (Å²) >= 11 is 0. The monoisotopic (exact) mass is 366 g/mol. The second-order valence-electron chi connectivity index (χ2n) is 6.73. The smallest absolute Gasteiger partial charge is 0.336 e. The van der Waals surface area contributed by atoms with Gasteiger partial charge in [-0.3, -0.25) is 14.3 Å². The van der Waals surface area contributed by atoms with Crippen molar-refractivity contribution in [2.45, 2.75) is 20.4 Å². The van der Waals surface area contributed by atoms with Crippen LogP contribution < -0.4 is 10.9 Å². The van der Waals surface area contributed by atoms with E-state index < -0.39 is 11.5 Å². The first-order chi connectivity index (χ1) is 12.8. The molecule has 4 rings (SSSR count). The third-order valence-electron chi connectivity index (χ3n) is 4.77. The Kier molecular flexibility index (Phi) is 3.83. The maximum atomic E-state index is 12.7. The van der Waals surface area contributed by atoms with Gasteiger partial charge in [-0.15, -0.1) is 0 Å². The first-order valence-corrected chi connectivity index (χ1v) is 8.53. The lowest BCUT2D eigenvalue weighted by molar-refractivity contribution is 0.0742. The highest BCUT2D eigenvalue weighted by molar-refractivity contribution is 6.06. The molecule has 0 aliphatic carbocycles. The van der Waals surface area contributed by atoms with Crippen LogP contribution in [0.15, 0.2) is 33.5 Å². The lowest BCUT2D eigenvalue weighted by Crippen LogP contribution is -2.37. The summed E-state index contributed by atoms with van der Waals surface area (Å²) in [6.45, 7) is 4.74. The molecule has 0 radical (unpaired) electrons. The molecule has 1 N–H and O–H groups in total. The van der Waals surface area contributed by atoms with Gasteiger partial charge in [-0.2, -0.15) is 5.10 Å². The van der Waals surface area contributed by atoms with E-state index in [0.29, 0.717) is 30.1 Å². The Hall–Kier alpha value is -3.42. The molecule has 0 saturated heterocycles. The molecule has 1 aliphatic heterocycles. The van der Waals surface area contributed by atoms with Crippen LogP contribution in [0.1, 0.15) is 32.1 Å². The Bertz CT molecular complexity index is 1160. The summed E-state index contributed by atoms with van der Waals surface area (Å²) < 4.78 is 6.78. The molecule has 0 atom stereocenters. The van der Waals surface area contributed by atoms with E-state index in [4.69, 9.17) is 4.42 Å². The van der Waals surface area contributed by atoms with E-state index in [9.17, 15) is 14.4 Å². The second-order valence-corrected chi connectivity index (χ2v) is 6.73. The summed E-state index contributed by atoms with van der Waals surface area (Å²) in [4.78, 5) is 38.0. The van der Waals surface area contributed by atoms with Crippen molar-refractivity contribution < 1.29 is 14.0 Å². The molecular formula is C19H18N4O4. The molecule has 0 bridgehead atoms. The van der Waals surface area contributed by atoms with Gasteiger partial charge in [0.15, 0.2) is 5.69 Å². The fraction of sp³-hybridized carbons (Fsp3) is 0.263. The summed E-state index contributed by atoms with van der Waals surface area (Å²) in [5.41, 5.74) is 2.77. The quantitative estimate of drug-likeness (QED) is 0.699. The number of fused-ring (bicyclic) bond motifs is 2. The Morgan fingerprint density at radius 1 is 1.11 bits per heavy atom. The van der Waals surface area contributed by atoms with Crippen LogP contribution in [0.2, 0.25) is 0 Å². The van der Waals surface area contributed by atoms with Crippen LogP contribution in [0.4, 0.5) is 5.69 Å². The molecule has 3 heterocycles. The number of nitrogens with zero attached hydrogens (tertiary/aromatic N) is 3. The number of likely N-dealkylation sites (N-methyl/N-ethyl adjacent to an activating group) is 1. The zero-order valence-corrected chi connectivity index (χ0v) is 15.2. The van der Waals surface area contributed by atoms with Crippen LogP contribution in [0, 0.1) is 13.8 Å². The Morgan fingerprint density at radius 2 is 1.89 bits per heavy atom. The molecule has 2 aromatic heterocycles. The number of hydrogen-bond donors (Lipinski definition) is 1. The zero-order valence-electron chi connectivity index (χ0n) is 15.2. The molecule has 27 heavy (non-hydrogen) atoms. The lowest BCUT2D eigenvalue weighted by Gasteiger charge is -2.22. The first-order valence-electron chi connectivity index (χ1n) is 8.53. The summed E-state index contributed by atoms with van der Waals surface area (Å²) in [5.74, 6) is -0.551. The van der Waals surface area contributed by atoms with Gasteiger partial charge in [0, 0.05) is 36.8 Å². The van der Waals surface area contributed by atoms with Crippen molar-refractivity contribution >= 4 is 28.5 Å². The molecule has 8 heteroatoms. The zero-order chi connectivity index (χ0) is 19.3. The maximum Gasteiger partial charge on any atom is 0.336 e. The molecule has 2 amide bonds. The number of anilines is 1. The molecule has 8 nitrogen and oxygen atoms in total. The number of rotatable bonds is 2. The van der Waals surface area contributed by atoms with Crippen molar-refractivity contribution in [1.29, 1.82) is 0 Å². The highest BCUT2D eigenvalue weighted by Crippen LogP contribution is 2.25. The number of nitrogens with one attached hydrogen (secondary N) is 1. The van der Waals surface area contributed by atoms with E-state index in [2.05, 4.69) is 10.4 Å². The van der Waals surface area contributed by atoms with E-state index in [1.54, 1.807) is 28.8 Å². The lowest BCUT2D eigenvalue weighted by atomic mass is 10.1. The van der Waals surface area contributed by atoms with Crippen LogP contribution in [0.25, 0.3) is 11.0 Å². The van der Waals surface area contributed by atoms with Gasteiger partial charge < -0.3 is 14.6 Å². The molecule has 1 aliphatic rings. The van der Waals surface area contributed by atoms with Crippen molar-refractivity contribution in [3.63, 3.8) is 0 Å². The third kappa shape index (κ3) is 2.88. The number of aryl methyl sites for hydroxylation is 2. The van der Waals surface area contributed by atoms with Crippen molar-refractivity contribution in [3.05, 3.63) is 57.2 Å². The van der Waals surface area contributed by atoms with E-state index in [1.165, 1.54) is 12.1 Å². The van der Waals surface area contributed by atoms with Crippen molar-refractivity contribution in [3.8, 4) is 0 Å². The predicted octanol–water partition coefficient (Wildman–Crippen LogP) is 1.94. The van der Waals surface area contributed by atoms with Crippen molar-refractivity contribution in [1.82, 2.24) is 14.7 Å². The van der Waals surface area contributed by atoms with Crippen LogP contribution in [-0.4, -0.2) is 40.1 Å². The van der Waals surface area contributed by atoms with Crippen LogP contribution in [-0.2, 0) is 6.54 Å². The second kappa shape index (κ2) is 6.08. The standard InChI is InChI=1S/C19H18N4O4/c1-10-7-17(24)27-16-6-11(2)13(8-12(10)16)20-18(25)14-9-15-19(26)22(3)4-5-23(15)21-14/h6-9H,4-5H2,1-3H3,(H,20,25). The molecule has 1 aromatic carbocycles. The van der Waals surface area contributed by atoms with Crippen LogP contribution in [0.5, 0.6) is 0 Å². The molecule has 0 spiro atoms. The summed E-state index contributed by atoms with van der Waals surface area (Å²) in [7, 11) is 1.72. The minimum absolute atomic E-state index is 0.152. The largest absolute Gasteiger partial charge is 0.423 e. The summed E-state index contributed by atoms with van der Waals surface area (Å²) in [5, 5.41) is 7.83. The van der Waals surface area contributed by atoms with Gasteiger partial charge in [-0.1, -0.05) is 0 Å². The minimum atomic E-state index is -0.408. The molecule has 0 fully saturated rings. The average Bonchev–Trinajstić information content (AvgIpc) is 3.04. The van der Waals surface area contributed by atoms with E-state index in [-0.39, 0.29) is 11.6 Å². The fourth-order valence-electron chi connectivity index (χ4n) is 3.20. The minimum Gasteiger partial charge on any atom is -0.423 e. The summed E-state index contributed by atoms with van der Waals surface area (Å²) in [6, 6.07) is 6.41. The number of amides is 2. The third-order valence-corrected chi connectivity index (χ3v) is 4.77. The number of carbonyl (C=O) groups excluding carboxylic acids is 2. The predicted molar refractivity (Wildman–Crippen MR) is 99.1 cm³/mol. The van der Waals surface area contributed by atoms with E-state index in [0.717, 1.165) is 16.5 Å². The van der Waals surface area contributed by atoms with Gasteiger partial charge >= 0.3 is 5.63 Å². The molecule has 138 valence electrons. The highest BCUT2D eigenvalue weighted by Gasteiger charge is 2.25. The molecule has 3 aromatic rings. The van der Waals surface area contributed by atoms with Gasteiger partial charge in [0.05, 0.1) is 6.54 Å². The number of benzene rings is 1. The van der Waals surface area contributed by atoms with Crippen molar-refractivity contribution in [2.75, 3.05) is 18.9 Å². The fourth-order valence-corrected chi connectivity index (χ4v) is 3.20. The first kappa shape index (κ1) is 17.0. The summed E-state index contributed by atoms with van der Waals surface area (Å²) in [6.07, 6.45) is 0. The van der Waals surface area contributed by atoms with Gasteiger partial charge in [-0.25, -0.2) is 4.79 Å². The number of aromatic nitrogens is 2. The highest BCUT2D eigenvalue weighted by atomic mass is 16.4. The van der Waals surface area contributed by atoms with Crippen LogP contribution in [0.3, 0.4) is 0 Å². The average molecular weight is 366 g/mol. The molecule has 0 saturated carbocycles. The topological polar surface area (TPSA) is 97.4 Å². The SMILES string of the molecule is Cc1cc2oc(=O)cc(C)c2cc1NC(=O)c1cc2n(n1)CCN(C)C2=O. The number of hydrogen-bond acceptors (Lipinski definition) is 5. The van der Waals surface area contributed by atoms with Crippen molar-refractivity contribution in [2.24, 2.45) is 0 Å². The van der Waals surface area contributed by atoms with E-state index >= 15 is 0 Å². The van der Waals surface area contributed by atoms with Gasteiger partial charge in [0.25, 0.3) is 11.8 Å². The maximum absolute atomic E-state index is 12.7. The molecule has 0 unspecified atom stereocenters. The Labute approximate surface area is 154 Å². The van der Waals surface area contributed by atoms with Gasteiger partial charge in [0.2, 0.25) is 0 Å². The normalized spacial score (nSPS) is 13.7. The molecular weight excluding hydrogens is 348 g/mol. The Morgan fingerprint density at radius 3 is 2.67 bits per heavy atom. The van der Waals surface area contributed by atoms with Gasteiger partial charge in [-0.05, 0) is 37.1 Å². The number of carbonyl (C=O) groups is 2. The Balaban J connectivity index is 1.67. The van der Waals surface area contributed by atoms with Gasteiger partial charge in [0.1, 0.15) is 11.3 Å². The van der Waals surface area contributed by atoms with E-state index in [1.807, 2.05) is 13.8 Å². The van der Waals surface area contributed by atoms with Crippen LogP contribution >= 0.6 is 0 Å².